The van der Waals surface area contributed by atoms with E-state index in [2.05, 4.69) is 26.1 Å². The summed E-state index contributed by atoms with van der Waals surface area (Å²) >= 11 is 5.88. The van der Waals surface area contributed by atoms with Crippen molar-refractivity contribution < 1.29 is 9.72 Å². The van der Waals surface area contributed by atoms with Gasteiger partial charge in [0.2, 0.25) is 0 Å². The minimum absolute atomic E-state index is 0.0271. The fourth-order valence-electron chi connectivity index (χ4n) is 1.79. The summed E-state index contributed by atoms with van der Waals surface area (Å²) in [6.45, 7) is 0. The third-order valence-electron chi connectivity index (χ3n) is 2.87. The lowest BCUT2D eigenvalue weighted by molar-refractivity contribution is -0.384. The Kier molecular flexibility index (Phi) is 3.73. The molecule has 0 aliphatic carbocycles. The van der Waals surface area contributed by atoms with Gasteiger partial charge in [-0.3, -0.25) is 25.8 Å². The van der Waals surface area contributed by atoms with Crippen LogP contribution in [0.2, 0.25) is 5.02 Å². The number of amides is 1. The van der Waals surface area contributed by atoms with Crippen LogP contribution in [-0.2, 0) is 0 Å². The second-order valence-electron chi connectivity index (χ2n) is 4.35. The molecule has 0 aliphatic rings. The number of nitro groups is 1. The summed E-state index contributed by atoms with van der Waals surface area (Å²) in [4.78, 5) is 22.1. The zero-order valence-corrected chi connectivity index (χ0v) is 12.1. The molecule has 0 fully saturated rings. The van der Waals surface area contributed by atoms with Gasteiger partial charge in [-0.25, -0.2) is 0 Å². The number of hydrazine groups is 1. The smallest absolute Gasteiger partial charge is 0.271 e. The van der Waals surface area contributed by atoms with Gasteiger partial charge in [0.15, 0.2) is 11.5 Å². The summed E-state index contributed by atoms with van der Waals surface area (Å²) < 4.78 is 1.42. The molecule has 2 heterocycles. The van der Waals surface area contributed by atoms with Crippen molar-refractivity contribution in [2.75, 3.05) is 5.43 Å². The molecule has 11 heteroatoms. The molecule has 0 aliphatic heterocycles. The molecule has 0 spiro atoms. The highest BCUT2D eigenvalue weighted by Gasteiger charge is 2.14. The third kappa shape index (κ3) is 3.01. The molecule has 10 nitrogen and oxygen atoms in total. The van der Waals surface area contributed by atoms with E-state index in [9.17, 15) is 14.9 Å². The predicted molar refractivity (Wildman–Crippen MR) is 80.0 cm³/mol. The number of non-ortho nitro benzene ring substituents is 1. The second kappa shape index (κ2) is 5.85. The van der Waals surface area contributed by atoms with Crippen LogP contribution in [0.15, 0.2) is 36.7 Å². The van der Waals surface area contributed by atoms with Crippen molar-refractivity contribution in [2.24, 2.45) is 0 Å². The number of nitrogens with one attached hydrogen (secondary N) is 2. The Morgan fingerprint density at radius 1 is 1.30 bits per heavy atom. The fourth-order valence-corrected chi connectivity index (χ4v) is 2.05. The number of hydrogen-bond acceptors (Lipinski definition) is 7. The number of halogens is 1. The van der Waals surface area contributed by atoms with Crippen LogP contribution in [-0.4, -0.2) is 30.6 Å². The van der Waals surface area contributed by atoms with Gasteiger partial charge in [-0.2, -0.15) is 4.52 Å². The van der Waals surface area contributed by atoms with Crippen LogP contribution in [0.4, 0.5) is 11.5 Å². The van der Waals surface area contributed by atoms with E-state index in [0.717, 1.165) is 6.07 Å². The molecule has 3 rings (SSSR count). The number of aromatic nitrogens is 4. The SMILES string of the molecule is O=C(NNc1ccc2nncn2n1)c1ccc([N+](=O)[O-])cc1Cl. The summed E-state index contributed by atoms with van der Waals surface area (Å²) in [6.07, 6.45) is 1.41. The number of fused-ring (bicyclic) bond motifs is 1. The lowest BCUT2D eigenvalue weighted by Gasteiger charge is -2.08. The van der Waals surface area contributed by atoms with Crippen LogP contribution in [0.3, 0.4) is 0 Å². The Labute approximate surface area is 133 Å². The quantitative estimate of drug-likeness (QED) is 0.546. The highest BCUT2D eigenvalue weighted by molar-refractivity contribution is 6.34. The maximum atomic E-state index is 12.0. The topological polar surface area (TPSA) is 127 Å². The molecule has 0 unspecified atom stereocenters. The largest absolute Gasteiger partial charge is 0.280 e. The second-order valence-corrected chi connectivity index (χ2v) is 4.76. The molecular formula is C12H8ClN7O3. The molecule has 1 aromatic carbocycles. The molecule has 0 saturated carbocycles. The zero-order chi connectivity index (χ0) is 16.4. The highest BCUT2D eigenvalue weighted by Crippen LogP contribution is 2.22. The predicted octanol–water partition coefficient (Wildman–Crippen LogP) is 1.44. The average molecular weight is 334 g/mol. The Morgan fingerprint density at radius 3 is 2.87 bits per heavy atom. The number of nitrogens with zero attached hydrogens (tertiary/aromatic N) is 5. The van der Waals surface area contributed by atoms with Crippen LogP contribution in [0.1, 0.15) is 10.4 Å². The van der Waals surface area contributed by atoms with Crippen molar-refractivity contribution in [3.63, 3.8) is 0 Å². The normalized spacial score (nSPS) is 10.5. The van der Waals surface area contributed by atoms with Gasteiger partial charge in [0.05, 0.1) is 15.5 Å². The van der Waals surface area contributed by atoms with Gasteiger partial charge in [-0.1, -0.05) is 11.6 Å². The van der Waals surface area contributed by atoms with E-state index in [0.29, 0.717) is 11.5 Å². The van der Waals surface area contributed by atoms with Crippen LogP contribution < -0.4 is 10.9 Å². The molecule has 1 amide bonds. The maximum absolute atomic E-state index is 12.0. The summed E-state index contributed by atoms with van der Waals surface area (Å²) in [5.41, 5.74) is 5.47. The van der Waals surface area contributed by atoms with E-state index in [1.165, 1.54) is 23.0 Å². The van der Waals surface area contributed by atoms with Crippen LogP contribution in [0.5, 0.6) is 0 Å². The fraction of sp³-hybridized carbons (Fsp3) is 0. The number of carbonyl (C=O) groups excluding carboxylic acids is 1. The van der Waals surface area contributed by atoms with Gasteiger partial charge >= 0.3 is 0 Å². The van der Waals surface area contributed by atoms with E-state index in [1.54, 1.807) is 12.1 Å². The summed E-state index contributed by atoms with van der Waals surface area (Å²) in [7, 11) is 0. The van der Waals surface area contributed by atoms with Crippen molar-refractivity contribution in [3.05, 3.63) is 57.4 Å². The molecule has 116 valence electrons. The lowest BCUT2D eigenvalue weighted by atomic mass is 10.2. The molecule has 0 saturated heterocycles. The van der Waals surface area contributed by atoms with Crippen molar-refractivity contribution in [2.45, 2.75) is 0 Å². The Morgan fingerprint density at radius 2 is 2.13 bits per heavy atom. The molecular weight excluding hydrogens is 326 g/mol. The van der Waals surface area contributed by atoms with Gasteiger partial charge < -0.3 is 0 Å². The number of nitro benzene ring substituents is 1. The Hall–Kier alpha value is -3.27. The van der Waals surface area contributed by atoms with Crippen LogP contribution in [0.25, 0.3) is 5.65 Å². The monoisotopic (exact) mass is 333 g/mol. The van der Waals surface area contributed by atoms with Crippen LogP contribution in [0, 0.1) is 10.1 Å². The minimum Gasteiger partial charge on any atom is -0.280 e. The van der Waals surface area contributed by atoms with Crippen molar-refractivity contribution in [3.8, 4) is 0 Å². The highest BCUT2D eigenvalue weighted by atomic mass is 35.5. The summed E-state index contributed by atoms with van der Waals surface area (Å²) in [6, 6.07) is 6.84. The van der Waals surface area contributed by atoms with Crippen LogP contribution >= 0.6 is 11.6 Å². The minimum atomic E-state index is -0.593. The maximum Gasteiger partial charge on any atom is 0.271 e. The summed E-state index contributed by atoms with van der Waals surface area (Å²) in [5.74, 6) is -0.209. The average Bonchev–Trinajstić information content (AvgIpc) is 3.00. The molecule has 2 aromatic heterocycles. The number of hydrogen-bond donors (Lipinski definition) is 2. The van der Waals surface area contributed by atoms with Gasteiger partial charge in [0, 0.05) is 12.1 Å². The first-order valence-corrected chi connectivity index (χ1v) is 6.60. The number of benzene rings is 1. The molecule has 0 atom stereocenters. The lowest BCUT2D eigenvalue weighted by Crippen LogP contribution is -2.30. The molecule has 2 N–H and O–H groups in total. The number of rotatable bonds is 4. The number of carbonyl (C=O) groups is 1. The van der Waals surface area contributed by atoms with Gasteiger partial charge in [0.1, 0.15) is 6.33 Å². The van der Waals surface area contributed by atoms with E-state index in [1.807, 2.05) is 0 Å². The van der Waals surface area contributed by atoms with E-state index >= 15 is 0 Å². The first-order valence-electron chi connectivity index (χ1n) is 6.22. The molecule has 23 heavy (non-hydrogen) atoms. The molecule has 0 bridgehead atoms. The number of anilines is 1. The van der Waals surface area contributed by atoms with Gasteiger partial charge in [-0.05, 0) is 18.2 Å². The Bertz CT molecular complexity index is 911. The standard InChI is InChI=1S/C12H8ClN7O3/c13-9-5-7(20(22)23)1-2-8(9)12(21)17-15-10-3-4-11-16-14-6-19(11)18-10/h1-6H,(H,15,18)(H,17,21). The van der Waals surface area contributed by atoms with E-state index in [-0.39, 0.29) is 16.3 Å². The Balaban J connectivity index is 1.72. The van der Waals surface area contributed by atoms with Crippen molar-refractivity contribution in [1.82, 2.24) is 25.2 Å². The van der Waals surface area contributed by atoms with E-state index < -0.39 is 10.8 Å². The summed E-state index contributed by atoms with van der Waals surface area (Å²) in [5, 5.41) is 22.2. The molecule has 0 radical (unpaired) electrons. The molecule has 3 aromatic rings. The third-order valence-corrected chi connectivity index (χ3v) is 3.19. The van der Waals surface area contributed by atoms with Crippen molar-refractivity contribution in [1.29, 1.82) is 0 Å². The zero-order valence-electron chi connectivity index (χ0n) is 11.3. The van der Waals surface area contributed by atoms with Crippen molar-refractivity contribution >= 4 is 34.7 Å². The van der Waals surface area contributed by atoms with Gasteiger partial charge in [0.25, 0.3) is 11.6 Å². The first-order chi connectivity index (χ1) is 11.0. The first kappa shape index (κ1) is 14.7. The van der Waals surface area contributed by atoms with Gasteiger partial charge in [-0.15, -0.1) is 15.3 Å². The van der Waals surface area contributed by atoms with E-state index in [4.69, 9.17) is 11.6 Å².